The van der Waals surface area contributed by atoms with Crippen LogP contribution >= 0.6 is 39.1 Å². The molecule has 0 saturated heterocycles. The minimum absolute atomic E-state index is 0.00257. The Labute approximate surface area is 136 Å². The molecule has 0 aliphatic carbocycles. The monoisotopic (exact) mass is 399 g/mol. The smallest absolute Gasteiger partial charge is 0.420 e. The predicted molar refractivity (Wildman–Crippen MR) is 80.1 cm³/mol. The van der Waals surface area contributed by atoms with Crippen molar-refractivity contribution in [3.8, 4) is 11.5 Å². The SMILES string of the molecule is Nc1cc(Cl)c(Cl)cc1Oc1ccc(Br)cc1C(F)(F)F. The van der Waals surface area contributed by atoms with Gasteiger partial charge in [0, 0.05) is 10.5 Å². The van der Waals surface area contributed by atoms with E-state index in [0.29, 0.717) is 0 Å². The maximum absolute atomic E-state index is 13.0. The van der Waals surface area contributed by atoms with Gasteiger partial charge in [-0.2, -0.15) is 13.2 Å². The van der Waals surface area contributed by atoms with E-state index in [0.717, 1.165) is 6.07 Å². The van der Waals surface area contributed by atoms with Crippen LogP contribution in [0.15, 0.2) is 34.8 Å². The van der Waals surface area contributed by atoms with E-state index in [9.17, 15) is 13.2 Å². The molecule has 0 aliphatic heterocycles. The molecule has 0 aliphatic rings. The van der Waals surface area contributed by atoms with E-state index in [1.54, 1.807) is 0 Å². The number of rotatable bonds is 2. The number of nitrogen functional groups attached to an aromatic ring is 1. The van der Waals surface area contributed by atoms with Crippen LogP contribution in [-0.4, -0.2) is 0 Å². The molecular formula is C13H7BrCl2F3NO. The van der Waals surface area contributed by atoms with Crippen LogP contribution in [0.2, 0.25) is 10.0 Å². The van der Waals surface area contributed by atoms with Crippen molar-refractivity contribution >= 4 is 44.8 Å². The van der Waals surface area contributed by atoms with E-state index < -0.39 is 11.7 Å². The molecule has 0 aromatic heterocycles. The van der Waals surface area contributed by atoms with Gasteiger partial charge in [0.2, 0.25) is 0 Å². The third-order valence-corrected chi connectivity index (χ3v) is 3.74. The van der Waals surface area contributed by atoms with E-state index in [4.69, 9.17) is 33.7 Å². The van der Waals surface area contributed by atoms with Crippen molar-refractivity contribution in [1.29, 1.82) is 0 Å². The van der Waals surface area contributed by atoms with E-state index in [1.807, 2.05) is 0 Å². The first kappa shape index (κ1) is 16.3. The zero-order valence-corrected chi connectivity index (χ0v) is 13.2. The van der Waals surface area contributed by atoms with Gasteiger partial charge < -0.3 is 10.5 Å². The van der Waals surface area contributed by atoms with Crippen molar-refractivity contribution in [3.05, 3.63) is 50.4 Å². The van der Waals surface area contributed by atoms with Crippen molar-refractivity contribution < 1.29 is 17.9 Å². The lowest BCUT2D eigenvalue weighted by Crippen LogP contribution is -2.07. The molecule has 0 fully saturated rings. The number of ether oxygens (including phenoxy) is 1. The highest BCUT2D eigenvalue weighted by atomic mass is 79.9. The summed E-state index contributed by atoms with van der Waals surface area (Å²) in [4.78, 5) is 0. The van der Waals surface area contributed by atoms with Gasteiger partial charge in [-0.05, 0) is 24.3 Å². The summed E-state index contributed by atoms with van der Waals surface area (Å²) in [7, 11) is 0. The Kier molecular flexibility index (Phi) is 4.60. The third-order valence-electron chi connectivity index (χ3n) is 2.52. The van der Waals surface area contributed by atoms with Gasteiger partial charge in [0.05, 0.1) is 21.3 Å². The largest absolute Gasteiger partial charge is 0.455 e. The lowest BCUT2D eigenvalue weighted by atomic mass is 10.2. The standard InChI is InChI=1S/C13H7BrCl2F3NO/c14-6-1-2-11(7(3-6)13(17,18)19)21-12-5-9(16)8(15)4-10(12)20/h1-5H,20H2. The highest BCUT2D eigenvalue weighted by Crippen LogP contribution is 2.42. The van der Waals surface area contributed by atoms with Crippen LogP contribution in [0.25, 0.3) is 0 Å². The summed E-state index contributed by atoms with van der Waals surface area (Å²) >= 11 is 14.6. The molecule has 21 heavy (non-hydrogen) atoms. The normalized spacial score (nSPS) is 11.5. The molecule has 0 heterocycles. The summed E-state index contributed by atoms with van der Waals surface area (Å²) in [5, 5.41) is 0.319. The number of halogens is 6. The van der Waals surface area contributed by atoms with Crippen LogP contribution in [0.5, 0.6) is 11.5 Å². The molecule has 0 bridgehead atoms. The second kappa shape index (κ2) is 5.94. The Bertz CT molecular complexity index is 692. The Hall–Kier alpha value is -1.11. The second-order valence-electron chi connectivity index (χ2n) is 4.04. The Morgan fingerprint density at radius 2 is 1.62 bits per heavy atom. The zero-order valence-electron chi connectivity index (χ0n) is 10.1. The number of hydrogen-bond acceptors (Lipinski definition) is 2. The number of hydrogen-bond donors (Lipinski definition) is 1. The number of anilines is 1. The predicted octanol–water partition coefficient (Wildman–Crippen LogP) is 6.15. The highest BCUT2D eigenvalue weighted by molar-refractivity contribution is 9.10. The van der Waals surface area contributed by atoms with Gasteiger partial charge in [-0.1, -0.05) is 39.1 Å². The fraction of sp³-hybridized carbons (Fsp3) is 0.0769. The zero-order chi connectivity index (χ0) is 15.8. The van der Waals surface area contributed by atoms with Gasteiger partial charge in [-0.3, -0.25) is 0 Å². The molecule has 0 spiro atoms. The van der Waals surface area contributed by atoms with Crippen LogP contribution in [0.4, 0.5) is 18.9 Å². The molecule has 2 aromatic carbocycles. The van der Waals surface area contributed by atoms with Crippen LogP contribution < -0.4 is 10.5 Å². The lowest BCUT2D eigenvalue weighted by molar-refractivity contribution is -0.138. The molecule has 8 heteroatoms. The molecule has 0 saturated carbocycles. The van der Waals surface area contributed by atoms with Crippen molar-refractivity contribution in [3.63, 3.8) is 0 Å². The Morgan fingerprint density at radius 1 is 1.00 bits per heavy atom. The maximum Gasteiger partial charge on any atom is 0.420 e. The molecule has 0 atom stereocenters. The van der Waals surface area contributed by atoms with Gasteiger partial charge in [0.1, 0.15) is 5.75 Å². The lowest BCUT2D eigenvalue weighted by Gasteiger charge is -2.15. The molecular weight excluding hydrogens is 394 g/mol. The minimum atomic E-state index is -4.57. The average molecular weight is 401 g/mol. The van der Waals surface area contributed by atoms with Gasteiger partial charge in [0.15, 0.2) is 5.75 Å². The first-order valence-electron chi connectivity index (χ1n) is 5.47. The summed E-state index contributed by atoms with van der Waals surface area (Å²) in [6, 6.07) is 6.11. The maximum atomic E-state index is 13.0. The Morgan fingerprint density at radius 3 is 2.24 bits per heavy atom. The number of nitrogens with two attached hydrogens (primary N) is 1. The number of alkyl halides is 3. The van der Waals surface area contributed by atoms with Gasteiger partial charge in [0.25, 0.3) is 0 Å². The third kappa shape index (κ3) is 3.75. The van der Waals surface area contributed by atoms with E-state index in [2.05, 4.69) is 15.9 Å². The first-order chi connectivity index (χ1) is 9.68. The molecule has 0 amide bonds. The van der Waals surface area contributed by atoms with Crippen LogP contribution in [0, 0.1) is 0 Å². The summed E-state index contributed by atoms with van der Waals surface area (Å²) in [6.45, 7) is 0. The van der Waals surface area contributed by atoms with Crippen LogP contribution in [0.1, 0.15) is 5.56 Å². The topological polar surface area (TPSA) is 35.2 Å². The summed E-state index contributed by atoms with van der Waals surface area (Å²) in [6.07, 6.45) is -4.57. The van der Waals surface area contributed by atoms with E-state index in [1.165, 1.54) is 24.3 Å². The summed E-state index contributed by atoms with van der Waals surface area (Å²) in [5.41, 5.74) is 4.82. The molecule has 2 rings (SSSR count). The molecule has 2 aromatic rings. The molecule has 112 valence electrons. The van der Waals surface area contributed by atoms with Crippen LogP contribution in [-0.2, 0) is 6.18 Å². The fourth-order valence-corrected chi connectivity index (χ4v) is 2.25. The van der Waals surface area contributed by atoms with Gasteiger partial charge in [-0.25, -0.2) is 0 Å². The molecule has 2 nitrogen and oxygen atoms in total. The van der Waals surface area contributed by atoms with Gasteiger partial charge in [-0.15, -0.1) is 0 Å². The number of benzene rings is 2. The Balaban J connectivity index is 2.47. The van der Waals surface area contributed by atoms with E-state index >= 15 is 0 Å². The molecule has 2 N–H and O–H groups in total. The molecule has 0 unspecified atom stereocenters. The van der Waals surface area contributed by atoms with Crippen LogP contribution in [0.3, 0.4) is 0 Å². The summed E-state index contributed by atoms with van der Waals surface area (Å²) in [5.74, 6) is -0.381. The quantitative estimate of drug-likeness (QED) is 0.613. The van der Waals surface area contributed by atoms with Crippen molar-refractivity contribution in [2.24, 2.45) is 0 Å². The van der Waals surface area contributed by atoms with Crippen molar-refractivity contribution in [2.45, 2.75) is 6.18 Å². The minimum Gasteiger partial charge on any atom is -0.455 e. The highest BCUT2D eigenvalue weighted by Gasteiger charge is 2.35. The average Bonchev–Trinajstić information content (AvgIpc) is 2.36. The molecule has 0 radical (unpaired) electrons. The first-order valence-corrected chi connectivity index (χ1v) is 7.02. The van der Waals surface area contributed by atoms with Gasteiger partial charge >= 0.3 is 6.18 Å². The summed E-state index contributed by atoms with van der Waals surface area (Å²) < 4.78 is 44.5. The van der Waals surface area contributed by atoms with Crippen molar-refractivity contribution in [2.75, 3.05) is 5.73 Å². The van der Waals surface area contributed by atoms with Crippen molar-refractivity contribution in [1.82, 2.24) is 0 Å². The second-order valence-corrected chi connectivity index (χ2v) is 5.77. The fourth-order valence-electron chi connectivity index (χ4n) is 1.56. The van der Waals surface area contributed by atoms with E-state index in [-0.39, 0.29) is 31.7 Å².